The van der Waals surface area contributed by atoms with Gasteiger partial charge in [-0.05, 0) is 47.9 Å². The van der Waals surface area contributed by atoms with Crippen LogP contribution in [0.5, 0.6) is 0 Å². The van der Waals surface area contributed by atoms with Gasteiger partial charge in [-0.15, -0.1) is 0 Å². The zero-order valence-electron chi connectivity index (χ0n) is 18.9. The Morgan fingerprint density at radius 3 is 2.62 bits per heavy atom. The number of anilines is 1. The second-order valence-electron chi connectivity index (χ2n) is 9.26. The van der Waals surface area contributed by atoms with Crippen molar-refractivity contribution >= 4 is 28.3 Å². The van der Waals surface area contributed by atoms with Crippen molar-refractivity contribution in [3.05, 3.63) is 89.7 Å². The average molecular weight is 451 g/mol. The van der Waals surface area contributed by atoms with Crippen LogP contribution in [0.4, 0.5) is 5.69 Å². The first-order chi connectivity index (χ1) is 16.7. The van der Waals surface area contributed by atoms with Crippen LogP contribution in [-0.2, 0) is 17.8 Å². The maximum absolute atomic E-state index is 13.4. The molecule has 1 aromatic heterocycles. The van der Waals surface area contributed by atoms with E-state index in [2.05, 4.69) is 5.32 Å². The summed E-state index contributed by atoms with van der Waals surface area (Å²) < 4.78 is 6.19. The van der Waals surface area contributed by atoms with E-state index in [0.717, 1.165) is 63.9 Å². The van der Waals surface area contributed by atoms with E-state index in [1.165, 1.54) is 0 Å². The fourth-order valence-electron chi connectivity index (χ4n) is 4.90. The first-order valence-corrected chi connectivity index (χ1v) is 12.0. The lowest BCUT2D eigenvalue weighted by atomic mass is 9.85. The molecule has 0 bridgehead atoms. The monoisotopic (exact) mass is 450 g/mol. The molecule has 0 unspecified atom stereocenters. The van der Waals surface area contributed by atoms with Crippen LogP contribution in [-0.4, -0.2) is 23.3 Å². The summed E-state index contributed by atoms with van der Waals surface area (Å²) >= 11 is 0. The van der Waals surface area contributed by atoms with E-state index in [-0.39, 0.29) is 17.7 Å². The number of hydrogen-bond donors (Lipinski definition) is 1. The molecule has 2 heterocycles. The number of fused-ring (bicyclic) bond motifs is 2. The molecule has 1 fully saturated rings. The number of nitrogens with zero attached hydrogens (tertiary/aromatic N) is 1. The van der Waals surface area contributed by atoms with Crippen molar-refractivity contribution in [2.45, 2.75) is 32.2 Å². The number of nitrogens with one attached hydrogen (secondary N) is 1. The molecular weight excluding hydrogens is 424 g/mol. The fourth-order valence-corrected chi connectivity index (χ4v) is 4.90. The Hall–Kier alpha value is -3.86. The van der Waals surface area contributed by atoms with Gasteiger partial charge in [0, 0.05) is 47.8 Å². The maximum Gasteiger partial charge on any atom is 0.254 e. The quantitative estimate of drug-likeness (QED) is 0.412. The number of hydrogen-bond acceptors (Lipinski definition) is 3. The van der Waals surface area contributed by atoms with Crippen molar-refractivity contribution in [1.82, 2.24) is 4.90 Å². The van der Waals surface area contributed by atoms with Gasteiger partial charge in [0.1, 0.15) is 11.5 Å². The third-order valence-corrected chi connectivity index (χ3v) is 7.06. The van der Waals surface area contributed by atoms with Gasteiger partial charge < -0.3 is 14.6 Å². The van der Waals surface area contributed by atoms with Crippen LogP contribution >= 0.6 is 0 Å². The van der Waals surface area contributed by atoms with Gasteiger partial charge in [0.15, 0.2) is 0 Å². The minimum Gasteiger partial charge on any atom is -0.461 e. The van der Waals surface area contributed by atoms with Crippen LogP contribution in [0, 0.1) is 5.92 Å². The second kappa shape index (κ2) is 8.49. The Morgan fingerprint density at radius 1 is 0.941 bits per heavy atom. The van der Waals surface area contributed by atoms with Crippen LogP contribution in [0.25, 0.3) is 22.1 Å². The van der Waals surface area contributed by atoms with Crippen molar-refractivity contribution in [3.63, 3.8) is 0 Å². The number of amides is 2. The summed E-state index contributed by atoms with van der Waals surface area (Å²) in [7, 11) is 0. The standard InChI is InChI=1S/C29H26N2O3/c32-28(20-8-3-9-20)30-23-11-4-10-21(16-23)27-17-22-18-31(15-14-26(22)34-27)29(33)25-13-5-7-19-6-1-2-12-24(19)25/h1-2,4-7,10-13,16-17,20H,3,8-9,14-15,18H2,(H,30,32). The molecule has 1 aliphatic heterocycles. The molecule has 0 saturated heterocycles. The molecule has 4 aromatic rings. The summed E-state index contributed by atoms with van der Waals surface area (Å²) in [6, 6.07) is 23.7. The zero-order chi connectivity index (χ0) is 23.1. The zero-order valence-corrected chi connectivity index (χ0v) is 18.9. The molecule has 5 nitrogen and oxygen atoms in total. The van der Waals surface area contributed by atoms with Gasteiger partial charge in [-0.3, -0.25) is 9.59 Å². The average Bonchev–Trinajstić information content (AvgIpc) is 3.26. The van der Waals surface area contributed by atoms with Gasteiger partial charge in [0.2, 0.25) is 5.91 Å². The number of benzene rings is 3. The highest BCUT2D eigenvalue weighted by molar-refractivity contribution is 6.07. The van der Waals surface area contributed by atoms with Gasteiger partial charge in [-0.2, -0.15) is 0 Å². The third kappa shape index (κ3) is 3.77. The molecule has 34 heavy (non-hydrogen) atoms. The van der Waals surface area contributed by atoms with Gasteiger partial charge in [-0.25, -0.2) is 0 Å². The smallest absolute Gasteiger partial charge is 0.254 e. The largest absolute Gasteiger partial charge is 0.461 e. The van der Waals surface area contributed by atoms with Crippen molar-refractivity contribution in [1.29, 1.82) is 0 Å². The molecule has 1 N–H and O–H groups in total. The van der Waals surface area contributed by atoms with Crippen molar-refractivity contribution < 1.29 is 14.0 Å². The van der Waals surface area contributed by atoms with Crippen molar-refractivity contribution in [2.24, 2.45) is 5.92 Å². The van der Waals surface area contributed by atoms with Gasteiger partial charge >= 0.3 is 0 Å². The molecular formula is C29H26N2O3. The minimum absolute atomic E-state index is 0.0471. The third-order valence-electron chi connectivity index (χ3n) is 7.06. The first kappa shape index (κ1) is 20.7. The number of carbonyl (C=O) groups excluding carboxylic acids is 2. The molecule has 0 atom stereocenters. The lowest BCUT2D eigenvalue weighted by Gasteiger charge is -2.26. The maximum atomic E-state index is 13.4. The molecule has 170 valence electrons. The Morgan fingerprint density at radius 2 is 1.76 bits per heavy atom. The molecule has 6 rings (SSSR count). The first-order valence-electron chi connectivity index (χ1n) is 12.0. The van der Waals surface area contributed by atoms with Crippen molar-refractivity contribution in [3.8, 4) is 11.3 Å². The number of carbonyl (C=O) groups is 2. The van der Waals surface area contributed by atoms with Gasteiger partial charge in [-0.1, -0.05) is 55.0 Å². The SMILES string of the molecule is O=C(Nc1cccc(-c2cc3c(o2)CCN(C(=O)c2cccc4ccccc24)C3)c1)C1CCC1. The van der Waals surface area contributed by atoms with Gasteiger partial charge in [0.05, 0.1) is 0 Å². The van der Waals surface area contributed by atoms with Gasteiger partial charge in [0.25, 0.3) is 5.91 Å². The Labute approximate surface area is 198 Å². The van der Waals surface area contributed by atoms with E-state index in [1.807, 2.05) is 77.7 Å². The van der Waals surface area contributed by atoms with E-state index < -0.39 is 0 Å². The van der Waals surface area contributed by atoms with Crippen LogP contribution < -0.4 is 5.32 Å². The predicted molar refractivity (Wildman–Crippen MR) is 133 cm³/mol. The van der Waals surface area contributed by atoms with E-state index in [0.29, 0.717) is 19.5 Å². The predicted octanol–water partition coefficient (Wildman–Crippen LogP) is 6.04. The lowest BCUT2D eigenvalue weighted by molar-refractivity contribution is -0.122. The molecule has 5 heteroatoms. The Balaban J connectivity index is 1.22. The number of rotatable bonds is 4. The topological polar surface area (TPSA) is 62.6 Å². The highest BCUT2D eigenvalue weighted by Crippen LogP contribution is 2.33. The minimum atomic E-state index is 0.0471. The summed E-state index contributed by atoms with van der Waals surface area (Å²) in [6.45, 7) is 1.15. The Kier molecular flexibility index (Phi) is 5.17. The van der Waals surface area contributed by atoms with E-state index in [9.17, 15) is 9.59 Å². The van der Waals surface area contributed by atoms with E-state index >= 15 is 0 Å². The van der Waals surface area contributed by atoms with Crippen molar-refractivity contribution in [2.75, 3.05) is 11.9 Å². The molecule has 2 amide bonds. The molecule has 1 saturated carbocycles. The summed E-state index contributed by atoms with van der Waals surface area (Å²) in [5.41, 5.74) is 3.49. The Bertz CT molecular complexity index is 1390. The highest BCUT2D eigenvalue weighted by Gasteiger charge is 2.27. The van der Waals surface area contributed by atoms with Crippen LogP contribution in [0.3, 0.4) is 0 Å². The lowest BCUT2D eigenvalue weighted by Crippen LogP contribution is -2.35. The molecule has 1 aliphatic carbocycles. The summed E-state index contributed by atoms with van der Waals surface area (Å²) in [5, 5.41) is 5.09. The van der Waals surface area contributed by atoms with Crippen LogP contribution in [0.15, 0.2) is 77.2 Å². The summed E-state index contributed by atoms with van der Waals surface area (Å²) in [6.07, 6.45) is 3.77. The summed E-state index contributed by atoms with van der Waals surface area (Å²) in [4.78, 5) is 27.6. The fraction of sp³-hybridized carbons (Fsp3) is 0.241. The van der Waals surface area contributed by atoms with E-state index in [4.69, 9.17) is 4.42 Å². The summed E-state index contributed by atoms with van der Waals surface area (Å²) in [5.74, 6) is 1.99. The molecule has 3 aromatic carbocycles. The molecule has 0 spiro atoms. The molecule has 0 radical (unpaired) electrons. The van der Waals surface area contributed by atoms with Crippen LogP contribution in [0.2, 0.25) is 0 Å². The van der Waals surface area contributed by atoms with E-state index in [1.54, 1.807) is 0 Å². The highest BCUT2D eigenvalue weighted by atomic mass is 16.3. The second-order valence-corrected chi connectivity index (χ2v) is 9.26. The number of furan rings is 1. The van der Waals surface area contributed by atoms with Crippen LogP contribution in [0.1, 0.15) is 40.9 Å². The molecule has 2 aliphatic rings. The normalized spacial score (nSPS) is 15.6.